The Bertz CT molecular complexity index is 707. The topological polar surface area (TPSA) is 86.7 Å². The van der Waals surface area contributed by atoms with E-state index in [0.29, 0.717) is 22.2 Å². The molecule has 1 fully saturated rings. The lowest BCUT2D eigenvalue weighted by Gasteiger charge is -2.49. The minimum absolute atomic E-state index is 0.0286. The van der Waals surface area contributed by atoms with Crippen LogP contribution in [0.1, 0.15) is 10.4 Å². The molecule has 1 aromatic rings. The Labute approximate surface area is 145 Å². The lowest BCUT2D eigenvalue weighted by molar-refractivity contribution is -0.148. The molecule has 6 nitrogen and oxygen atoms in total. The molecule has 2 heterocycles. The van der Waals surface area contributed by atoms with Gasteiger partial charge in [0.1, 0.15) is 17.1 Å². The number of halogens is 1. The minimum atomic E-state index is -1.12. The van der Waals surface area contributed by atoms with Crippen molar-refractivity contribution in [2.45, 2.75) is 11.4 Å². The number of thioether (sulfide) groups is 1. The standard InChI is InChI=1S/C15H13BrN2O4S/c16-6-9-7-23-14-10(13(20)18(14)11(9)15(21)22)17-12(19)8-4-2-1-3-5-8/h1-5,10,14H,6-7H2,(H,17,19)(H,21,22)/t10?,14-/m1/s1. The van der Waals surface area contributed by atoms with E-state index in [1.54, 1.807) is 30.3 Å². The van der Waals surface area contributed by atoms with Gasteiger partial charge in [0.25, 0.3) is 11.8 Å². The van der Waals surface area contributed by atoms with E-state index in [-0.39, 0.29) is 22.9 Å². The normalized spacial score (nSPS) is 23.2. The van der Waals surface area contributed by atoms with Crippen LogP contribution in [0, 0.1) is 0 Å². The first-order chi connectivity index (χ1) is 11.0. The van der Waals surface area contributed by atoms with Crippen LogP contribution in [-0.2, 0) is 9.59 Å². The quantitative estimate of drug-likeness (QED) is 0.593. The Morgan fingerprint density at radius 1 is 1.35 bits per heavy atom. The summed E-state index contributed by atoms with van der Waals surface area (Å²) in [5.41, 5.74) is 1.16. The lowest BCUT2D eigenvalue weighted by atomic mass is 10.0. The van der Waals surface area contributed by atoms with Crippen molar-refractivity contribution < 1.29 is 19.5 Å². The van der Waals surface area contributed by atoms with Gasteiger partial charge in [-0.15, -0.1) is 11.8 Å². The van der Waals surface area contributed by atoms with E-state index in [1.807, 2.05) is 0 Å². The van der Waals surface area contributed by atoms with Crippen LogP contribution >= 0.6 is 27.7 Å². The molecular formula is C15H13BrN2O4S. The number of β-lactam (4-membered cyclic amide) rings is 1. The molecule has 8 heteroatoms. The van der Waals surface area contributed by atoms with Crippen LogP contribution in [-0.4, -0.2) is 50.3 Å². The second kappa shape index (κ2) is 6.37. The average molecular weight is 397 g/mol. The molecule has 0 saturated carbocycles. The van der Waals surface area contributed by atoms with Crippen molar-refractivity contribution in [1.82, 2.24) is 10.2 Å². The summed E-state index contributed by atoms with van der Waals surface area (Å²) in [6, 6.07) is 7.92. The molecule has 2 aliphatic heterocycles. The summed E-state index contributed by atoms with van der Waals surface area (Å²) in [7, 11) is 0. The smallest absolute Gasteiger partial charge is 0.352 e. The third-order valence-corrected chi connectivity index (χ3v) is 5.75. The molecule has 2 amide bonds. The predicted molar refractivity (Wildman–Crippen MR) is 89.2 cm³/mol. The average Bonchev–Trinajstić information content (AvgIpc) is 2.58. The molecule has 0 aromatic heterocycles. The van der Waals surface area contributed by atoms with E-state index >= 15 is 0 Å². The molecule has 0 bridgehead atoms. The molecule has 23 heavy (non-hydrogen) atoms. The molecular weight excluding hydrogens is 384 g/mol. The van der Waals surface area contributed by atoms with Crippen LogP contribution in [0.25, 0.3) is 0 Å². The van der Waals surface area contributed by atoms with Gasteiger partial charge in [0.2, 0.25) is 0 Å². The summed E-state index contributed by atoms with van der Waals surface area (Å²) in [6.07, 6.45) is 0. The number of nitrogens with zero attached hydrogens (tertiary/aromatic N) is 1. The molecule has 0 radical (unpaired) electrons. The number of carbonyl (C=O) groups excluding carboxylic acids is 2. The molecule has 0 aliphatic carbocycles. The van der Waals surface area contributed by atoms with Crippen LogP contribution in [0.3, 0.4) is 0 Å². The van der Waals surface area contributed by atoms with E-state index in [9.17, 15) is 19.5 Å². The first kappa shape index (κ1) is 16.1. The highest BCUT2D eigenvalue weighted by atomic mass is 79.9. The highest BCUT2D eigenvalue weighted by molar-refractivity contribution is 9.09. The van der Waals surface area contributed by atoms with Crippen LogP contribution in [0.4, 0.5) is 0 Å². The monoisotopic (exact) mass is 396 g/mol. The van der Waals surface area contributed by atoms with Gasteiger partial charge in [-0.2, -0.15) is 0 Å². The summed E-state index contributed by atoms with van der Waals surface area (Å²) in [4.78, 5) is 37.2. The maximum absolute atomic E-state index is 12.3. The largest absolute Gasteiger partial charge is 0.477 e. The summed E-state index contributed by atoms with van der Waals surface area (Å²) in [5, 5.41) is 12.1. The second-order valence-corrected chi connectivity index (χ2v) is 6.78. The third-order valence-electron chi connectivity index (χ3n) is 3.73. The number of fused-ring (bicyclic) bond motifs is 1. The van der Waals surface area contributed by atoms with Crippen molar-refractivity contribution in [3.05, 3.63) is 47.2 Å². The van der Waals surface area contributed by atoms with Crippen molar-refractivity contribution in [2.24, 2.45) is 0 Å². The van der Waals surface area contributed by atoms with E-state index in [0.717, 1.165) is 0 Å². The van der Waals surface area contributed by atoms with Crippen LogP contribution in [0.2, 0.25) is 0 Å². The number of carboxylic acid groups (broad SMARTS) is 1. The number of benzene rings is 1. The van der Waals surface area contributed by atoms with Crippen molar-refractivity contribution in [1.29, 1.82) is 0 Å². The van der Waals surface area contributed by atoms with Crippen LogP contribution < -0.4 is 5.32 Å². The number of amides is 2. The van der Waals surface area contributed by atoms with E-state index in [4.69, 9.17) is 0 Å². The van der Waals surface area contributed by atoms with Crippen molar-refractivity contribution in [3.63, 3.8) is 0 Å². The number of hydrogen-bond donors (Lipinski definition) is 2. The fourth-order valence-electron chi connectivity index (χ4n) is 2.60. The summed E-state index contributed by atoms with van der Waals surface area (Å²) < 4.78 is 0. The van der Waals surface area contributed by atoms with Crippen molar-refractivity contribution in [2.75, 3.05) is 11.1 Å². The number of alkyl halides is 1. The zero-order chi connectivity index (χ0) is 16.6. The summed E-state index contributed by atoms with van der Waals surface area (Å²) in [5.74, 6) is -1.33. The molecule has 1 saturated heterocycles. The molecule has 120 valence electrons. The van der Waals surface area contributed by atoms with E-state index < -0.39 is 12.0 Å². The van der Waals surface area contributed by atoms with E-state index in [1.165, 1.54) is 16.7 Å². The van der Waals surface area contributed by atoms with Gasteiger partial charge in [0.05, 0.1) is 0 Å². The molecule has 1 unspecified atom stereocenters. The Balaban J connectivity index is 1.77. The maximum Gasteiger partial charge on any atom is 0.352 e. The zero-order valence-corrected chi connectivity index (χ0v) is 14.3. The first-order valence-electron chi connectivity index (χ1n) is 6.86. The first-order valence-corrected chi connectivity index (χ1v) is 9.03. The molecule has 2 aliphatic rings. The molecule has 1 aromatic carbocycles. The van der Waals surface area contributed by atoms with Gasteiger partial charge in [-0.05, 0) is 17.7 Å². The Hall–Kier alpha value is -1.80. The van der Waals surface area contributed by atoms with Crippen molar-refractivity contribution in [3.8, 4) is 0 Å². The molecule has 2 N–H and O–H groups in total. The Morgan fingerprint density at radius 2 is 2.04 bits per heavy atom. The van der Waals surface area contributed by atoms with Crippen molar-refractivity contribution >= 4 is 45.5 Å². The number of rotatable bonds is 4. The van der Waals surface area contributed by atoms with Crippen LogP contribution in [0.15, 0.2) is 41.6 Å². The number of carbonyl (C=O) groups is 3. The molecule has 3 rings (SSSR count). The predicted octanol–water partition coefficient (Wildman–Crippen LogP) is 1.43. The van der Waals surface area contributed by atoms with Gasteiger partial charge < -0.3 is 10.4 Å². The highest BCUT2D eigenvalue weighted by Crippen LogP contribution is 2.40. The van der Waals surface area contributed by atoms with Gasteiger partial charge in [-0.3, -0.25) is 14.5 Å². The number of nitrogens with one attached hydrogen (secondary N) is 1. The maximum atomic E-state index is 12.3. The fraction of sp³-hybridized carbons (Fsp3) is 0.267. The Kier molecular flexibility index (Phi) is 4.45. The van der Waals surface area contributed by atoms with Gasteiger partial charge in [-0.25, -0.2) is 4.79 Å². The summed E-state index contributed by atoms with van der Waals surface area (Å²) >= 11 is 4.71. The number of carboxylic acids is 1. The molecule has 0 spiro atoms. The SMILES string of the molecule is O=C(O)C1=C(CBr)CS[C@@H]2C(NC(=O)c3ccccc3)C(=O)N12. The number of aliphatic carboxylic acids is 1. The molecule has 2 atom stereocenters. The van der Waals surface area contributed by atoms with Gasteiger partial charge in [0, 0.05) is 16.6 Å². The van der Waals surface area contributed by atoms with Gasteiger partial charge >= 0.3 is 5.97 Å². The number of hydrogen-bond acceptors (Lipinski definition) is 4. The highest BCUT2D eigenvalue weighted by Gasteiger charge is 2.54. The zero-order valence-electron chi connectivity index (χ0n) is 11.9. The Morgan fingerprint density at radius 3 is 2.65 bits per heavy atom. The van der Waals surface area contributed by atoms with Gasteiger partial charge in [-0.1, -0.05) is 34.1 Å². The lowest BCUT2D eigenvalue weighted by Crippen LogP contribution is -2.70. The second-order valence-electron chi connectivity index (χ2n) is 5.12. The fourth-order valence-corrected chi connectivity index (χ4v) is 4.67. The third kappa shape index (κ3) is 2.76. The minimum Gasteiger partial charge on any atom is -0.477 e. The van der Waals surface area contributed by atoms with Gasteiger partial charge in [0.15, 0.2) is 0 Å². The summed E-state index contributed by atoms with van der Waals surface area (Å²) in [6.45, 7) is 0. The van der Waals surface area contributed by atoms with E-state index in [2.05, 4.69) is 21.2 Å². The van der Waals surface area contributed by atoms with Crippen LogP contribution in [0.5, 0.6) is 0 Å².